The topological polar surface area (TPSA) is 36.9 Å². The van der Waals surface area contributed by atoms with Crippen LogP contribution in [0.15, 0.2) is 0 Å². The van der Waals surface area contributed by atoms with Gasteiger partial charge in [0, 0.05) is 11.8 Å². The molecule has 1 fully saturated rings. The normalized spacial score (nSPS) is 32.0. The molecular weight excluding hydrogens is 364 g/mol. The molecule has 0 spiro atoms. The lowest BCUT2D eigenvalue weighted by atomic mass is 9.71. The molecule has 174 valence electrons. The fraction of sp³-hybridized carbons (Fsp3) is 1.00. The zero-order valence-corrected chi connectivity index (χ0v) is 20.9. The fourth-order valence-corrected chi connectivity index (χ4v) is 4.13. The number of hydrogen-bond donors (Lipinski definition) is 0. The molecule has 0 amide bonds. The molecule has 4 heteroatoms. The van der Waals surface area contributed by atoms with Crippen molar-refractivity contribution in [1.82, 2.24) is 0 Å². The van der Waals surface area contributed by atoms with Crippen LogP contribution in [0.1, 0.15) is 127 Å². The number of rotatable bonds is 14. The van der Waals surface area contributed by atoms with E-state index < -0.39 is 5.79 Å². The van der Waals surface area contributed by atoms with Crippen molar-refractivity contribution in [2.45, 2.75) is 144 Å². The van der Waals surface area contributed by atoms with E-state index in [-0.39, 0.29) is 23.0 Å². The van der Waals surface area contributed by atoms with Gasteiger partial charge in [-0.25, -0.2) is 9.78 Å². The van der Waals surface area contributed by atoms with Crippen molar-refractivity contribution in [2.75, 3.05) is 0 Å². The Kier molecular flexibility index (Phi) is 11.1. The molecule has 29 heavy (non-hydrogen) atoms. The average molecular weight is 415 g/mol. The van der Waals surface area contributed by atoms with Crippen LogP contribution >= 0.6 is 0 Å². The van der Waals surface area contributed by atoms with Gasteiger partial charge in [0.2, 0.25) is 5.79 Å². The summed E-state index contributed by atoms with van der Waals surface area (Å²) in [5.74, 6) is 0.00712. The van der Waals surface area contributed by atoms with Gasteiger partial charge >= 0.3 is 0 Å². The molecule has 5 unspecified atom stereocenters. The maximum absolute atomic E-state index is 6.32. The van der Waals surface area contributed by atoms with Crippen molar-refractivity contribution in [3.8, 4) is 0 Å². The molecule has 1 rings (SSSR count). The zero-order chi connectivity index (χ0) is 22.1. The lowest BCUT2D eigenvalue weighted by molar-refractivity contribution is -0.571. The third-order valence-corrected chi connectivity index (χ3v) is 7.59. The van der Waals surface area contributed by atoms with Crippen LogP contribution in [0.5, 0.6) is 0 Å². The van der Waals surface area contributed by atoms with E-state index in [2.05, 4.69) is 62.3 Å². The second-order valence-electron chi connectivity index (χ2n) is 10.1. The van der Waals surface area contributed by atoms with Gasteiger partial charge in [0.15, 0.2) is 0 Å². The van der Waals surface area contributed by atoms with Gasteiger partial charge in [0.05, 0.1) is 0 Å². The van der Waals surface area contributed by atoms with Crippen molar-refractivity contribution in [2.24, 2.45) is 17.8 Å². The molecule has 0 aromatic rings. The lowest BCUT2D eigenvalue weighted by Gasteiger charge is -2.48. The van der Waals surface area contributed by atoms with E-state index in [9.17, 15) is 0 Å². The molecule has 0 saturated heterocycles. The quantitative estimate of drug-likeness (QED) is 0.164. The van der Waals surface area contributed by atoms with Gasteiger partial charge in [0.1, 0.15) is 11.2 Å². The Labute approximate surface area is 181 Å². The first-order chi connectivity index (χ1) is 13.6. The Bertz CT molecular complexity index is 428. The summed E-state index contributed by atoms with van der Waals surface area (Å²) < 4.78 is 0. The van der Waals surface area contributed by atoms with Crippen LogP contribution in [0.2, 0.25) is 0 Å². The second-order valence-corrected chi connectivity index (χ2v) is 10.1. The molecule has 0 aliphatic heterocycles. The molecule has 0 heterocycles. The molecular formula is C25H50O4. The van der Waals surface area contributed by atoms with Gasteiger partial charge < -0.3 is 0 Å². The predicted molar refractivity (Wildman–Crippen MR) is 120 cm³/mol. The molecule has 5 atom stereocenters. The molecule has 0 aromatic carbocycles. The van der Waals surface area contributed by atoms with Crippen molar-refractivity contribution in [3.63, 3.8) is 0 Å². The number of hydrogen-bond acceptors (Lipinski definition) is 4. The maximum Gasteiger partial charge on any atom is 0.239 e. The summed E-state index contributed by atoms with van der Waals surface area (Å²) in [6, 6.07) is 0. The van der Waals surface area contributed by atoms with Crippen molar-refractivity contribution >= 4 is 0 Å². The van der Waals surface area contributed by atoms with E-state index in [1.54, 1.807) is 0 Å². The first kappa shape index (κ1) is 26.9. The van der Waals surface area contributed by atoms with Crippen LogP contribution < -0.4 is 0 Å². The number of unbranched alkanes of at least 4 members (excludes halogenated alkanes) is 2. The molecule has 4 nitrogen and oxygen atoms in total. The molecule has 0 aromatic heterocycles. The highest BCUT2D eigenvalue weighted by atomic mass is 17.3. The summed E-state index contributed by atoms with van der Waals surface area (Å²) in [4.78, 5) is 25.0. The third kappa shape index (κ3) is 7.19. The fourth-order valence-electron chi connectivity index (χ4n) is 4.13. The molecule has 0 bridgehead atoms. The summed E-state index contributed by atoms with van der Waals surface area (Å²) in [6.45, 7) is 19.8. The predicted octanol–water partition coefficient (Wildman–Crippen LogP) is 8.00. The maximum atomic E-state index is 6.32. The van der Waals surface area contributed by atoms with Gasteiger partial charge in [-0.05, 0) is 58.3 Å². The van der Waals surface area contributed by atoms with E-state index in [0.717, 1.165) is 57.8 Å². The molecule has 1 aliphatic rings. The molecule has 1 aliphatic carbocycles. The van der Waals surface area contributed by atoms with Gasteiger partial charge in [-0.3, -0.25) is 0 Å². The molecule has 0 radical (unpaired) electrons. The van der Waals surface area contributed by atoms with Crippen LogP contribution in [0.3, 0.4) is 0 Å². The van der Waals surface area contributed by atoms with Gasteiger partial charge in [-0.2, -0.15) is 9.78 Å². The standard InChI is InChI=1S/C25H50O4/c1-10-14-18-23(8,12-3)26-28-25(21(6)17-16-20(5)22(25)7)29-27-24(9,13-4)19-15-11-2/h20-22H,10-19H2,1-9H3. The van der Waals surface area contributed by atoms with E-state index in [1.165, 1.54) is 6.42 Å². The van der Waals surface area contributed by atoms with Gasteiger partial charge in [0.25, 0.3) is 0 Å². The van der Waals surface area contributed by atoms with Crippen LogP contribution in [-0.2, 0) is 19.6 Å². The third-order valence-electron chi connectivity index (χ3n) is 7.59. The van der Waals surface area contributed by atoms with E-state index in [4.69, 9.17) is 19.6 Å². The van der Waals surface area contributed by atoms with Crippen molar-refractivity contribution < 1.29 is 19.6 Å². The Hall–Kier alpha value is -0.160. The van der Waals surface area contributed by atoms with E-state index in [1.807, 2.05) is 0 Å². The van der Waals surface area contributed by atoms with Crippen molar-refractivity contribution in [1.29, 1.82) is 0 Å². The monoisotopic (exact) mass is 414 g/mol. The zero-order valence-electron chi connectivity index (χ0n) is 20.9. The highest BCUT2D eigenvalue weighted by molar-refractivity contribution is 4.89. The van der Waals surface area contributed by atoms with Crippen LogP contribution in [0.25, 0.3) is 0 Å². The Balaban J connectivity index is 3.03. The van der Waals surface area contributed by atoms with Crippen LogP contribution in [0.4, 0.5) is 0 Å². The van der Waals surface area contributed by atoms with Gasteiger partial charge in [-0.1, -0.05) is 74.1 Å². The Morgan fingerprint density at radius 1 is 0.759 bits per heavy atom. The smallest absolute Gasteiger partial charge is 0.227 e. The minimum absolute atomic E-state index is 0.186. The van der Waals surface area contributed by atoms with Crippen LogP contribution in [-0.4, -0.2) is 17.0 Å². The molecule has 0 N–H and O–H groups in total. The minimum atomic E-state index is -0.872. The summed E-state index contributed by atoms with van der Waals surface area (Å²) in [7, 11) is 0. The first-order valence-electron chi connectivity index (χ1n) is 12.4. The van der Waals surface area contributed by atoms with E-state index in [0.29, 0.717) is 5.92 Å². The summed E-state index contributed by atoms with van der Waals surface area (Å²) in [6.07, 6.45) is 10.6. The summed E-state index contributed by atoms with van der Waals surface area (Å²) in [5.41, 5.74) is -0.606. The Morgan fingerprint density at radius 2 is 1.21 bits per heavy atom. The summed E-state index contributed by atoms with van der Waals surface area (Å²) in [5, 5.41) is 0. The highest BCUT2D eigenvalue weighted by Gasteiger charge is 2.53. The summed E-state index contributed by atoms with van der Waals surface area (Å²) >= 11 is 0. The Morgan fingerprint density at radius 3 is 1.59 bits per heavy atom. The minimum Gasteiger partial charge on any atom is -0.227 e. The largest absolute Gasteiger partial charge is 0.239 e. The van der Waals surface area contributed by atoms with E-state index >= 15 is 0 Å². The average Bonchev–Trinajstić information content (AvgIpc) is 2.73. The highest BCUT2D eigenvalue weighted by Crippen LogP contribution is 2.47. The second kappa shape index (κ2) is 12.0. The first-order valence-corrected chi connectivity index (χ1v) is 12.4. The van der Waals surface area contributed by atoms with Gasteiger partial charge in [-0.15, -0.1) is 0 Å². The SMILES string of the molecule is CCCCC(C)(CC)OOC1(OOC(C)(CC)CCCC)C(C)CCC(C)C1C. The van der Waals surface area contributed by atoms with Crippen molar-refractivity contribution in [3.05, 3.63) is 0 Å². The lowest BCUT2D eigenvalue weighted by Crippen LogP contribution is -2.55. The van der Waals surface area contributed by atoms with Crippen LogP contribution in [0, 0.1) is 17.8 Å². The molecule has 1 saturated carbocycles.